The molecule has 0 aromatic heterocycles. The third-order valence-electron chi connectivity index (χ3n) is 3.85. The van der Waals surface area contributed by atoms with Crippen LogP contribution in [-0.4, -0.2) is 28.6 Å². The molecule has 0 spiro atoms. The first-order chi connectivity index (χ1) is 8.88. The lowest BCUT2D eigenvalue weighted by atomic mass is 9.87. The molecule has 0 saturated carbocycles. The van der Waals surface area contributed by atoms with Crippen molar-refractivity contribution < 1.29 is 9.90 Å². The number of hydrogen-bond donors (Lipinski definition) is 1. The highest BCUT2D eigenvalue weighted by Crippen LogP contribution is 2.24. The van der Waals surface area contributed by atoms with E-state index in [-0.39, 0.29) is 11.5 Å². The second-order valence-corrected chi connectivity index (χ2v) is 6.41. The van der Waals surface area contributed by atoms with Gasteiger partial charge in [-0.1, -0.05) is 45.0 Å². The van der Waals surface area contributed by atoms with Crippen LogP contribution in [0, 0.1) is 0 Å². The maximum Gasteiger partial charge on any atom is 0.320 e. The normalized spacial score (nSPS) is 20.7. The van der Waals surface area contributed by atoms with Gasteiger partial charge in [-0.2, -0.15) is 0 Å². The van der Waals surface area contributed by atoms with Crippen molar-refractivity contribution in [2.24, 2.45) is 0 Å². The van der Waals surface area contributed by atoms with Crippen LogP contribution in [0.15, 0.2) is 24.3 Å². The molecule has 3 nitrogen and oxygen atoms in total. The average Bonchev–Trinajstić information content (AvgIpc) is 2.77. The minimum absolute atomic E-state index is 0.162. The van der Waals surface area contributed by atoms with Gasteiger partial charge in [0.05, 0.1) is 0 Å². The molecule has 104 valence electrons. The Bertz CT molecular complexity index is 445. The zero-order valence-corrected chi connectivity index (χ0v) is 12.0. The summed E-state index contributed by atoms with van der Waals surface area (Å²) in [5, 5.41) is 9.17. The number of rotatable bonds is 3. The first-order valence-corrected chi connectivity index (χ1v) is 6.94. The molecular weight excluding hydrogens is 238 g/mol. The maximum absolute atomic E-state index is 11.1. The van der Waals surface area contributed by atoms with Gasteiger partial charge < -0.3 is 5.11 Å². The number of hydrogen-bond acceptors (Lipinski definition) is 2. The van der Waals surface area contributed by atoms with Crippen LogP contribution in [0.25, 0.3) is 0 Å². The highest BCUT2D eigenvalue weighted by molar-refractivity contribution is 5.73. The van der Waals surface area contributed by atoms with E-state index in [1.54, 1.807) is 0 Å². The van der Waals surface area contributed by atoms with Crippen LogP contribution in [-0.2, 0) is 16.8 Å². The van der Waals surface area contributed by atoms with Crippen LogP contribution in [0.3, 0.4) is 0 Å². The molecule has 1 heterocycles. The van der Waals surface area contributed by atoms with E-state index in [1.165, 1.54) is 11.1 Å². The summed E-state index contributed by atoms with van der Waals surface area (Å²) in [6, 6.07) is 8.25. The third kappa shape index (κ3) is 3.35. The van der Waals surface area contributed by atoms with Crippen LogP contribution in [0.5, 0.6) is 0 Å². The average molecular weight is 261 g/mol. The van der Waals surface area contributed by atoms with Gasteiger partial charge in [0, 0.05) is 6.54 Å². The highest BCUT2D eigenvalue weighted by atomic mass is 16.4. The van der Waals surface area contributed by atoms with Gasteiger partial charge in [-0.3, -0.25) is 9.69 Å². The van der Waals surface area contributed by atoms with E-state index in [2.05, 4.69) is 49.9 Å². The summed E-state index contributed by atoms with van der Waals surface area (Å²) in [6.07, 6.45) is 1.76. The van der Waals surface area contributed by atoms with Gasteiger partial charge in [0.25, 0.3) is 0 Å². The molecule has 1 aliphatic rings. The Morgan fingerprint density at radius 2 is 1.95 bits per heavy atom. The van der Waals surface area contributed by atoms with E-state index < -0.39 is 5.97 Å². The molecule has 0 amide bonds. The predicted molar refractivity (Wildman–Crippen MR) is 76.2 cm³/mol. The number of aliphatic carboxylic acids is 1. The number of nitrogens with zero attached hydrogens (tertiary/aromatic N) is 1. The minimum Gasteiger partial charge on any atom is -0.480 e. The maximum atomic E-state index is 11.1. The zero-order chi connectivity index (χ0) is 14.0. The number of carboxylic acid groups (broad SMARTS) is 1. The van der Waals surface area contributed by atoms with E-state index >= 15 is 0 Å². The Balaban J connectivity index is 2.06. The predicted octanol–water partition coefficient (Wildman–Crippen LogP) is 3.03. The number of likely N-dealkylation sites (tertiary alicyclic amines) is 1. The topological polar surface area (TPSA) is 40.5 Å². The SMILES string of the molecule is CC(C)(C)c1ccc(CN2CCC[C@H]2C(=O)O)cc1. The monoisotopic (exact) mass is 261 g/mol. The summed E-state index contributed by atoms with van der Waals surface area (Å²) in [7, 11) is 0. The van der Waals surface area contributed by atoms with Crippen molar-refractivity contribution in [1.29, 1.82) is 0 Å². The highest BCUT2D eigenvalue weighted by Gasteiger charge is 2.30. The van der Waals surface area contributed by atoms with Crippen molar-refractivity contribution in [3.8, 4) is 0 Å². The molecule has 3 heteroatoms. The standard InChI is InChI=1S/C16H23NO2/c1-16(2,3)13-8-6-12(7-9-13)11-17-10-4-5-14(17)15(18)19/h6-9,14H,4-5,10-11H2,1-3H3,(H,18,19)/t14-/m0/s1. The van der Waals surface area contributed by atoms with E-state index in [4.69, 9.17) is 0 Å². The minimum atomic E-state index is -0.691. The fraction of sp³-hybridized carbons (Fsp3) is 0.562. The summed E-state index contributed by atoms with van der Waals surface area (Å²) < 4.78 is 0. The Morgan fingerprint density at radius 3 is 2.47 bits per heavy atom. The second-order valence-electron chi connectivity index (χ2n) is 6.41. The Kier molecular flexibility index (Phi) is 3.95. The first kappa shape index (κ1) is 14.1. The molecule has 0 bridgehead atoms. The molecule has 1 aliphatic heterocycles. The molecule has 1 aromatic carbocycles. The summed E-state index contributed by atoms with van der Waals surface area (Å²) >= 11 is 0. The molecule has 1 saturated heterocycles. The van der Waals surface area contributed by atoms with E-state index in [0.717, 1.165) is 25.9 Å². The lowest BCUT2D eigenvalue weighted by Gasteiger charge is -2.22. The molecule has 0 unspecified atom stereocenters. The van der Waals surface area contributed by atoms with Crippen LogP contribution < -0.4 is 0 Å². The Hall–Kier alpha value is -1.35. The molecule has 2 rings (SSSR count). The smallest absolute Gasteiger partial charge is 0.320 e. The molecule has 1 atom stereocenters. The lowest BCUT2D eigenvalue weighted by molar-refractivity contribution is -0.142. The summed E-state index contributed by atoms with van der Waals surface area (Å²) in [4.78, 5) is 13.2. The lowest BCUT2D eigenvalue weighted by Crippen LogP contribution is -2.35. The van der Waals surface area contributed by atoms with Gasteiger partial charge in [0.1, 0.15) is 6.04 Å². The zero-order valence-electron chi connectivity index (χ0n) is 12.0. The molecular formula is C16H23NO2. The van der Waals surface area contributed by atoms with E-state index in [1.807, 2.05) is 0 Å². The molecule has 0 radical (unpaired) electrons. The van der Waals surface area contributed by atoms with Gasteiger partial charge in [-0.15, -0.1) is 0 Å². The quantitative estimate of drug-likeness (QED) is 0.909. The van der Waals surface area contributed by atoms with Crippen LogP contribution in [0.4, 0.5) is 0 Å². The summed E-state index contributed by atoms with van der Waals surface area (Å²) in [6.45, 7) is 8.22. The molecule has 1 aromatic rings. The first-order valence-electron chi connectivity index (χ1n) is 6.94. The number of carbonyl (C=O) groups is 1. The summed E-state index contributed by atoms with van der Waals surface area (Å²) in [5.41, 5.74) is 2.67. The van der Waals surface area contributed by atoms with Gasteiger partial charge in [-0.25, -0.2) is 0 Å². The van der Waals surface area contributed by atoms with Crippen LogP contribution >= 0.6 is 0 Å². The fourth-order valence-electron chi connectivity index (χ4n) is 2.64. The van der Waals surface area contributed by atoms with Gasteiger partial charge >= 0.3 is 5.97 Å². The van der Waals surface area contributed by atoms with Gasteiger partial charge in [-0.05, 0) is 35.9 Å². The fourth-order valence-corrected chi connectivity index (χ4v) is 2.64. The third-order valence-corrected chi connectivity index (χ3v) is 3.85. The molecule has 1 fully saturated rings. The molecule has 1 N–H and O–H groups in total. The van der Waals surface area contributed by atoms with Crippen molar-refractivity contribution >= 4 is 5.97 Å². The number of benzene rings is 1. The van der Waals surface area contributed by atoms with E-state index in [9.17, 15) is 9.90 Å². The Labute approximate surface area is 115 Å². The van der Waals surface area contributed by atoms with Gasteiger partial charge in [0.2, 0.25) is 0 Å². The van der Waals surface area contributed by atoms with Crippen molar-refractivity contribution in [3.05, 3.63) is 35.4 Å². The van der Waals surface area contributed by atoms with E-state index in [0.29, 0.717) is 0 Å². The van der Waals surface area contributed by atoms with Crippen molar-refractivity contribution in [2.75, 3.05) is 6.54 Å². The van der Waals surface area contributed by atoms with Gasteiger partial charge in [0.15, 0.2) is 0 Å². The molecule has 0 aliphatic carbocycles. The van der Waals surface area contributed by atoms with Crippen LogP contribution in [0.1, 0.15) is 44.7 Å². The van der Waals surface area contributed by atoms with Crippen molar-refractivity contribution in [1.82, 2.24) is 4.90 Å². The second kappa shape index (κ2) is 5.33. The van der Waals surface area contributed by atoms with Crippen molar-refractivity contribution in [2.45, 2.75) is 51.6 Å². The van der Waals surface area contributed by atoms with Crippen molar-refractivity contribution in [3.63, 3.8) is 0 Å². The Morgan fingerprint density at radius 1 is 1.32 bits per heavy atom. The summed E-state index contributed by atoms with van der Waals surface area (Å²) in [5.74, 6) is -0.691. The largest absolute Gasteiger partial charge is 0.480 e. The number of carboxylic acids is 1. The van der Waals surface area contributed by atoms with Crippen LogP contribution in [0.2, 0.25) is 0 Å². The molecule has 19 heavy (non-hydrogen) atoms.